The Labute approximate surface area is 320 Å². The third-order valence-corrected chi connectivity index (χ3v) is 10.3. The number of carbonyl (C=O) groups is 3. The van der Waals surface area contributed by atoms with Gasteiger partial charge in [0.15, 0.2) is 11.6 Å². The van der Waals surface area contributed by atoms with Crippen LogP contribution in [-0.2, 0) is 15.1 Å². The summed E-state index contributed by atoms with van der Waals surface area (Å²) in [5, 5.41) is 9.71. The van der Waals surface area contributed by atoms with Crippen molar-refractivity contribution in [1.29, 1.82) is 0 Å². The van der Waals surface area contributed by atoms with Crippen LogP contribution < -0.4 is 5.32 Å². The van der Waals surface area contributed by atoms with E-state index in [4.69, 9.17) is 21.4 Å². The summed E-state index contributed by atoms with van der Waals surface area (Å²) >= 11 is 6.77. The van der Waals surface area contributed by atoms with Crippen LogP contribution in [0.5, 0.6) is 0 Å². The van der Waals surface area contributed by atoms with Gasteiger partial charge in [-0.15, -0.1) is 0 Å². The lowest BCUT2D eigenvalue weighted by molar-refractivity contribution is -0.121. The minimum absolute atomic E-state index is 0.0685. The lowest BCUT2D eigenvalue weighted by atomic mass is 9.77. The highest BCUT2D eigenvalue weighted by Gasteiger charge is 2.41. The molecule has 1 N–H and O–H groups in total. The van der Waals surface area contributed by atoms with Crippen LogP contribution in [-0.4, -0.2) is 51.2 Å². The van der Waals surface area contributed by atoms with Crippen molar-refractivity contribution in [1.82, 2.24) is 14.7 Å². The topological polar surface area (TPSA) is 93.5 Å². The van der Waals surface area contributed by atoms with Gasteiger partial charge in [0.25, 0.3) is 0 Å². The predicted octanol–water partition coefficient (Wildman–Crippen LogP) is 9.99. The van der Waals surface area contributed by atoms with Gasteiger partial charge in [0, 0.05) is 34.6 Å². The number of Topliss-reactive ketones (excluding diaryl/α,β-unsaturated/α-hetero) is 1. The van der Waals surface area contributed by atoms with Crippen LogP contribution in [0.1, 0.15) is 67.6 Å². The number of nitrogens with one attached hydrogen (secondary N) is 1. The van der Waals surface area contributed by atoms with Crippen LogP contribution in [0.4, 0.5) is 10.6 Å². The van der Waals surface area contributed by atoms with Crippen LogP contribution in [0.25, 0.3) is 22.0 Å². The molecule has 1 aromatic heterocycles. The summed E-state index contributed by atoms with van der Waals surface area (Å²) in [4.78, 5) is 41.3. The second kappa shape index (κ2) is 15.0. The number of likely N-dealkylation sites (tertiary alicyclic amines) is 1. The molecule has 0 bridgehead atoms. The molecule has 7 rings (SSSR count). The molecule has 1 fully saturated rings. The summed E-state index contributed by atoms with van der Waals surface area (Å²) in [5.74, 6) is -0.404. The zero-order chi connectivity index (χ0) is 38.0. The molecule has 0 unspecified atom stereocenters. The summed E-state index contributed by atoms with van der Waals surface area (Å²) in [6.45, 7) is 7.78. The van der Waals surface area contributed by atoms with E-state index in [9.17, 15) is 14.4 Å². The quantitative estimate of drug-likeness (QED) is 0.124. The van der Waals surface area contributed by atoms with Crippen LogP contribution >= 0.6 is 11.6 Å². The van der Waals surface area contributed by atoms with Crippen LogP contribution in [0.2, 0.25) is 5.02 Å². The van der Waals surface area contributed by atoms with Crippen molar-refractivity contribution >= 4 is 46.1 Å². The first kappa shape index (κ1) is 36.6. The molecule has 2 heterocycles. The Hall–Kier alpha value is -5.73. The second-order valence-electron chi connectivity index (χ2n) is 14.8. The lowest BCUT2D eigenvalue weighted by Crippen LogP contribution is -2.45. The molecule has 1 atom stereocenters. The van der Waals surface area contributed by atoms with Gasteiger partial charge in [-0.2, -0.15) is 5.10 Å². The number of anilines is 1. The van der Waals surface area contributed by atoms with E-state index in [1.165, 1.54) is 6.92 Å². The van der Waals surface area contributed by atoms with Crippen molar-refractivity contribution in [3.8, 4) is 11.1 Å². The van der Waals surface area contributed by atoms with E-state index in [-0.39, 0.29) is 18.2 Å². The summed E-state index contributed by atoms with van der Waals surface area (Å²) in [6, 6.07) is 41.9. The number of carbonyl (C=O) groups excluding carboxylic acids is 3. The monoisotopic (exact) mass is 738 g/mol. The van der Waals surface area contributed by atoms with E-state index in [2.05, 4.69) is 41.7 Å². The van der Waals surface area contributed by atoms with E-state index in [1.807, 2.05) is 98.2 Å². The molecule has 9 heteroatoms. The highest BCUT2D eigenvalue weighted by atomic mass is 35.5. The van der Waals surface area contributed by atoms with Gasteiger partial charge in [0.1, 0.15) is 11.1 Å². The van der Waals surface area contributed by atoms with E-state index in [0.717, 1.165) is 27.8 Å². The van der Waals surface area contributed by atoms with Crippen LogP contribution in [0, 0.1) is 5.92 Å². The van der Waals surface area contributed by atoms with Crippen LogP contribution in [0.15, 0.2) is 127 Å². The minimum atomic E-state index is -0.961. The Morgan fingerprint density at radius 2 is 1.39 bits per heavy atom. The predicted molar refractivity (Wildman–Crippen MR) is 214 cm³/mol. The summed E-state index contributed by atoms with van der Waals surface area (Å²) < 4.78 is 7.65. The third kappa shape index (κ3) is 7.14. The molecule has 5 aromatic carbocycles. The molecule has 6 aromatic rings. The Morgan fingerprint density at radius 1 is 0.796 bits per heavy atom. The fraction of sp³-hybridized carbons (Fsp3) is 0.244. The minimum Gasteiger partial charge on any atom is -0.444 e. The zero-order valence-corrected chi connectivity index (χ0v) is 31.6. The molecule has 274 valence electrons. The number of nitrogens with zero attached hydrogens (tertiary/aromatic N) is 3. The average molecular weight is 739 g/mol. The van der Waals surface area contributed by atoms with Gasteiger partial charge in [0.2, 0.25) is 5.91 Å². The average Bonchev–Trinajstić information content (AvgIpc) is 3.53. The number of halogens is 1. The highest BCUT2D eigenvalue weighted by Crippen LogP contribution is 2.44. The Bertz CT molecular complexity index is 2220. The fourth-order valence-corrected chi connectivity index (χ4v) is 7.63. The van der Waals surface area contributed by atoms with Gasteiger partial charge in [-0.05, 0) is 93.1 Å². The van der Waals surface area contributed by atoms with E-state index in [1.54, 1.807) is 23.1 Å². The molecule has 1 aliphatic rings. The zero-order valence-electron chi connectivity index (χ0n) is 30.9. The van der Waals surface area contributed by atoms with Gasteiger partial charge in [0.05, 0.1) is 11.4 Å². The molecule has 0 spiro atoms. The van der Waals surface area contributed by atoms with E-state index < -0.39 is 23.2 Å². The van der Waals surface area contributed by atoms with Crippen molar-refractivity contribution in [2.24, 2.45) is 5.92 Å². The molecule has 0 radical (unpaired) electrons. The van der Waals surface area contributed by atoms with E-state index >= 15 is 0 Å². The number of ketones is 1. The normalized spacial score (nSPS) is 14.8. The number of benzene rings is 5. The number of piperidine rings is 1. The molecule has 0 aliphatic carbocycles. The van der Waals surface area contributed by atoms with Crippen molar-refractivity contribution in [3.63, 3.8) is 0 Å². The van der Waals surface area contributed by atoms with Crippen molar-refractivity contribution in [3.05, 3.63) is 155 Å². The van der Waals surface area contributed by atoms with Crippen molar-refractivity contribution in [2.75, 3.05) is 18.4 Å². The molecule has 8 nitrogen and oxygen atoms in total. The summed E-state index contributed by atoms with van der Waals surface area (Å²) in [6.07, 6.45) is 0.855. The first-order chi connectivity index (χ1) is 26.0. The smallest absolute Gasteiger partial charge is 0.410 e. The molecular formula is C45H43ClN4O4. The van der Waals surface area contributed by atoms with Gasteiger partial charge < -0.3 is 15.0 Å². The summed E-state index contributed by atoms with van der Waals surface area (Å²) in [5.41, 5.74) is 4.10. The largest absolute Gasteiger partial charge is 0.444 e. The molecule has 1 saturated heterocycles. The fourth-order valence-electron chi connectivity index (χ4n) is 7.41. The number of hydrogen-bond acceptors (Lipinski definition) is 5. The van der Waals surface area contributed by atoms with Gasteiger partial charge >= 0.3 is 6.09 Å². The Kier molecular flexibility index (Phi) is 10.1. The SMILES string of the molecule is CC(=O)c1ccc(Cl)c(-c2ccc3c(c2)c(NC(=O)[C@@H]2CCCN(C(=O)OC(C)(C)C)C2)nn3C(c2ccccc2)(c2ccccc2)c2ccccc2)c1. The number of fused-ring (bicyclic) bond motifs is 1. The number of ether oxygens (including phenoxy) is 1. The lowest BCUT2D eigenvalue weighted by Gasteiger charge is -2.37. The number of aromatic nitrogens is 2. The molecule has 54 heavy (non-hydrogen) atoms. The number of amides is 2. The Balaban J connectivity index is 1.43. The van der Waals surface area contributed by atoms with Crippen molar-refractivity contribution < 1.29 is 19.1 Å². The molecule has 0 saturated carbocycles. The first-order valence-electron chi connectivity index (χ1n) is 18.2. The van der Waals surface area contributed by atoms with Crippen molar-refractivity contribution in [2.45, 2.75) is 51.7 Å². The number of hydrogen-bond donors (Lipinski definition) is 1. The van der Waals surface area contributed by atoms with Gasteiger partial charge in [-0.25, -0.2) is 9.48 Å². The maximum atomic E-state index is 14.3. The number of rotatable bonds is 8. The standard InChI is InChI=1S/C45H43ClN4O4/c1-30(51)31-22-24-39(46)37(27-31)32-23-25-40-38(28-32)41(47-42(52)33-15-14-26-49(29-33)43(53)54-44(2,3)4)48-50(40)45(34-16-8-5-9-17-34,35-18-10-6-11-19-35)36-20-12-7-13-21-36/h5-13,16-25,27-28,33H,14-15,26,29H2,1-4H3,(H,47,48,52)/t33-/m1/s1. The maximum Gasteiger partial charge on any atom is 0.410 e. The molecular weight excluding hydrogens is 696 g/mol. The highest BCUT2D eigenvalue weighted by molar-refractivity contribution is 6.33. The Morgan fingerprint density at radius 3 is 1.94 bits per heavy atom. The van der Waals surface area contributed by atoms with Crippen LogP contribution in [0.3, 0.4) is 0 Å². The first-order valence-corrected chi connectivity index (χ1v) is 18.6. The summed E-state index contributed by atoms with van der Waals surface area (Å²) in [7, 11) is 0. The third-order valence-electron chi connectivity index (χ3n) is 9.94. The molecule has 2 amide bonds. The second-order valence-corrected chi connectivity index (χ2v) is 15.2. The maximum absolute atomic E-state index is 14.3. The van der Waals surface area contributed by atoms with Gasteiger partial charge in [-0.3, -0.25) is 9.59 Å². The molecule has 1 aliphatic heterocycles. The van der Waals surface area contributed by atoms with E-state index in [0.29, 0.717) is 46.7 Å². The van der Waals surface area contributed by atoms with Gasteiger partial charge in [-0.1, -0.05) is 109 Å².